The summed E-state index contributed by atoms with van der Waals surface area (Å²) in [4.78, 5) is 6.35. The van der Waals surface area contributed by atoms with Crippen molar-refractivity contribution < 1.29 is 4.39 Å². The van der Waals surface area contributed by atoms with Crippen molar-refractivity contribution in [2.45, 2.75) is 45.7 Å². The minimum absolute atomic E-state index is 0.130. The van der Waals surface area contributed by atoms with Crippen molar-refractivity contribution in [2.75, 3.05) is 13.6 Å². The van der Waals surface area contributed by atoms with Gasteiger partial charge < -0.3 is 10.6 Å². The molecule has 0 radical (unpaired) electrons. The molecule has 1 aromatic rings. The summed E-state index contributed by atoms with van der Waals surface area (Å²) in [5, 5.41) is 0. The van der Waals surface area contributed by atoms with Crippen molar-refractivity contribution in [2.24, 2.45) is 11.7 Å². The maximum atomic E-state index is 12.8. The lowest BCUT2D eigenvalue weighted by Gasteiger charge is -2.27. The fourth-order valence-corrected chi connectivity index (χ4v) is 2.18. The van der Waals surface area contributed by atoms with Crippen LogP contribution in [0, 0.1) is 11.7 Å². The Bertz CT molecular complexity index is 364. The molecule has 0 saturated carbocycles. The maximum Gasteiger partial charge on any atom is 0.141 e. The lowest BCUT2D eigenvalue weighted by Crippen LogP contribution is -2.32. The molecule has 1 aromatic heterocycles. The minimum atomic E-state index is -0.321. The zero-order chi connectivity index (χ0) is 14.4. The van der Waals surface area contributed by atoms with Gasteiger partial charge in [0.1, 0.15) is 5.82 Å². The summed E-state index contributed by atoms with van der Waals surface area (Å²) in [6, 6.07) is 3.49. The third-order valence-corrected chi connectivity index (χ3v) is 3.49. The van der Waals surface area contributed by atoms with E-state index in [9.17, 15) is 4.39 Å². The molecule has 108 valence electrons. The maximum absolute atomic E-state index is 12.8. The third kappa shape index (κ3) is 5.66. The molecule has 2 N–H and O–H groups in total. The van der Waals surface area contributed by atoms with Gasteiger partial charge in [0.15, 0.2) is 0 Å². The number of halogens is 1. The molecule has 2 unspecified atom stereocenters. The number of rotatable bonds is 7. The number of nitrogens with zero attached hydrogens (tertiary/aromatic N) is 2. The highest BCUT2D eigenvalue weighted by atomic mass is 19.1. The van der Waals surface area contributed by atoms with Crippen LogP contribution in [-0.4, -0.2) is 29.5 Å². The standard InChI is InChI=1S/C15H26FN3/c1-11(2)9-12(3)19(4)8-7-14(17)15-6-5-13(16)10-18-15/h5-6,10-12,14H,7-9,17H2,1-4H3. The molecule has 1 heterocycles. The Labute approximate surface area is 116 Å². The zero-order valence-electron chi connectivity index (χ0n) is 12.4. The first-order valence-electron chi connectivity index (χ1n) is 6.97. The lowest BCUT2D eigenvalue weighted by atomic mass is 10.0. The van der Waals surface area contributed by atoms with Crippen LogP contribution < -0.4 is 5.73 Å². The normalized spacial score (nSPS) is 14.9. The van der Waals surface area contributed by atoms with Crippen molar-refractivity contribution in [1.29, 1.82) is 0 Å². The molecule has 0 aromatic carbocycles. The van der Waals surface area contributed by atoms with Gasteiger partial charge >= 0.3 is 0 Å². The molecule has 1 rings (SSSR count). The molecular formula is C15H26FN3. The SMILES string of the molecule is CC(C)CC(C)N(C)CCC(N)c1ccc(F)cn1. The van der Waals surface area contributed by atoms with E-state index in [4.69, 9.17) is 5.73 Å². The van der Waals surface area contributed by atoms with Gasteiger partial charge in [-0.1, -0.05) is 13.8 Å². The molecule has 0 aliphatic rings. The summed E-state index contributed by atoms with van der Waals surface area (Å²) in [5.41, 5.74) is 6.84. The van der Waals surface area contributed by atoms with Crippen molar-refractivity contribution in [3.8, 4) is 0 Å². The zero-order valence-corrected chi connectivity index (χ0v) is 12.4. The van der Waals surface area contributed by atoms with E-state index in [1.807, 2.05) is 0 Å². The minimum Gasteiger partial charge on any atom is -0.323 e. The van der Waals surface area contributed by atoms with Crippen LogP contribution in [0.1, 0.15) is 45.3 Å². The van der Waals surface area contributed by atoms with E-state index in [1.54, 1.807) is 6.07 Å². The Morgan fingerprint density at radius 1 is 1.32 bits per heavy atom. The Balaban J connectivity index is 2.41. The van der Waals surface area contributed by atoms with Crippen molar-refractivity contribution in [3.63, 3.8) is 0 Å². The van der Waals surface area contributed by atoms with Crippen LogP contribution >= 0.6 is 0 Å². The van der Waals surface area contributed by atoms with Crippen LogP contribution in [0.3, 0.4) is 0 Å². The van der Waals surface area contributed by atoms with Gasteiger partial charge in [-0.05, 0) is 51.4 Å². The predicted octanol–water partition coefficient (Wildman–Crippen LogP) is 2.98. The van der Waals surface area contributed by atoms with Gasteiger partial charge in [0.05, 0.1) is 11.9 Å². The van der Waals surface area contributed by atoms with Crippen LogP contribution in [0.2, 0.25) is 0 Å². The van der Waals surface area contributed by atoms with Crippen LogP contribution in [-0.2, 0) is 0 Å². The fourth-order valence-electron chi connectivity index (χ4n) is 2.18. The van der Waals surface area contributed by atoms with E-state index in [0.717, 1.165) is 18.7 Å². The molecule has 0 fully saturated rings. The molecule has 0 aliphatic heterocycles. The number of nitrogens with two attached hydrogens (primary N) is 1. The summed E-state index contributed by atoms with van der Waals surface area (Å²) in [5.74, 6) is 0.378. The average Bonchev–Trinajstić information content (AvgIpc) is 2.35. The molecular weight excluding hydrogens is 241 g/mol. The van der Waals surface area contributed by atoms with Gasteiger partial charge in [-0.25, -0.2) is 4.39 Å². The monoisotopic (exact) mass is 267 g/mol. The van der Waals surface area contributed by atoms with Crippen LogP contribution in [0.4, 0.5) is 4.39 Å². The Kier molecular flexibility index (Phi) is 6.38. The van der Waals surface area contributed by atoms with Gasteiger partial charge in [-0.15, -0.1) is 0 Å². The van der Waals surface area contributed by atoms with E-state index in [0.29, 0.717) is 12.0 Å². The number of aromatic nitrogens is 1. The Morgan fingerprint density at radius 3 is 2.53 bits per heavy atom. The van der Waals surface area contributed by atoms with Crippen LogP contribution in [0.25, 0.3) is 0 Å². The van der Waals surface area contributed by atoms with E-state index >= 15 is 0 Å². The van der Waals surface area contributed by atoms with Gasteiger partial charge in [-0.2, -0.15) is 0 Å². The number of hydrogen-bond acceptors (Lipinski definition) is 3. The first-order valence-corrected chi connectivity index (χ1v) is 6.97. The van der Waals surface area contributed by atoms with Crippen molar-refractivity contribution in [1.82, 2.24) is 9.88 Å². The van der Waals surface area contributed by atoms with Gasteiger partial charge in [-0.3, -0.25) is 4.98 Å². The second-order valence-electron chi connectivity index (χ2n) is 5.76. The quantitative estimate of drug-likeness (QED) is 0.826. The van der Waals surface area contributed by atoms with Gasteiger partial charge in [0.2, 0.25) is 0 Å². The molecule has 3 nitrogen and oxygen atoms in total. The number of hydrogen-bond donors (Lipinski definition) is 1. The number of pyridine rings is 1. The molecule has 0 aliphatic carbocycles. The summed E-state index contributed by atoms with van der Waals surface area (Å²) in [6.07, 6.45) is 3.23. The van der Waals surface area contributed by atoms with E-state index < -0.39 is 0 Å². The molecule has 0 saturated heterocycles. The third-order valence-electron chi connectivity index (χ3n) is 3.49. The highest BCUT2D eigenvalue weighted by Gasteiger charge is 2.13. The molecule has 2 atom stereocenters. The first kappa shape index (κ1) is 16.1. The summed E-state index contributed by atoms with van der Waals surface area (Å²) in [6.45, 7) is 7.63. The molecule has 0 bridgehead atoms. The molecule has 0 amide bonds. The summed E-state index contributed by atoms with van der Waals surface area (Å²) in [7, 11) is 2.12. The average molecular weight is 267 g/mol. The van der Waals surface area contributed by atoms with Crippen LogP contribution in [0.15, 0.2) is 18.3 Å². The topological polar surface area (TPSA) is 42.1 Å². The fraction of sp³-hybridized carbons (Fsp3) is 0.667. The van der Waals surface area contributed by atoms with Gasteiger partial charge in [0.25, 0.3) is 0 Å². The second-order valence-corrected chi connectivity index (χ2v) is 5.76. The highest BCUT2D eigenvalue weighted by Crippen LogP contribution is 2.15. The largest absolute Gasteiger partial charge is 0.323 e. The Hall–Kier alpha value is -1.00. The Morgan fingerprint density at radius 2 is 2.00 bits per heavy atom. The molecule has 4 heteroatoms. The summed E-state index contributed by atoms with van der Waals surface area (Å²) < 4.78 is 12.8. The highest BCUT2D eigenvalue weighted by molar-refractivity contribution is 5.09. The smallest absolute Gasteiger partial charge is 0.141 e. The van der Waals surface area contributed by atoms with Crippen molar-refractivity contribution in [3.05, 3.63) is 29.8 Å². The molecule has 0 spiro atoms. The second kappa shape index (κ2) is 7.56. The van der Waals surface area contributed by atoms with Crippen LogP contribution in [0.5, 0.6) is 0 Å². The lowest BCUT2D eigenvalue weighted by molar-refractivity contribution is 0.220. The summed E-state index contributed by atoms with van der Waals surface area (Å²) >= 11 is 0. The van der Waals surface area contributed by atoms with Gasteiger partial charge in [0, 0.05) is 12.1 Å². The molecule has 19 heavy (non-hydrogen) atoms. The predicted molar refractivity (Wildman–Crippen MR) is 77.3 cm³/mol. The van der Waals surface area contributed by atoms with Crippen molar-refractivity contribution >= 4 is 0 Å². The first-order chi connectivity index (χ1) is 8.90. The van der Waals surface area contributed by atoms with E-state index in [-0.39, 0.29) is 11.9 Å². The van der Waals surface area contributed by atoms with E-state index in [1.165, 1.54) is 18.7 Å². The van der Waals surface area contributed by atoms with E-state index in [2.05, 4.69) is 37.7 Å².